The first-order valence-electron chi connectivity index (χ1n) is 4.86. The predicted molar refractivity (Wildman–Crippen MR) is 60.6 cm³/mol. The van der Waals surface area contributed by atoms with Gasteiger partial charge >= 0.3 is 0 Å². The highest BCUT2D eigenvalue weighted by atomic mass is 15.3. The highest BCUT2D eigenvalue weighted by molar-refractivity contribution is 5.64. The fourth-order valence-electron chi connectivity index (χ4n) is 1.59. The third-order valence-corrected chi connectivity index (χ3v) is 2.31. The molecule has 3 rings (SSSR count). The maximum absolute atomic E-state index is 5.52. The number of hydrogen-bond donors (Lipinski definition) is 1. The van der Waals surface area contributed by atoms with Crippen molar-refractivity contribution in [1.29, 1.82) is 0 Å². The Labute approximate surface area is 91.6 Å². The van der Waals surface area contributed by atoms with Crippen molar-refractivity contribution in [2.75, 3.05) is 5.73 Å². The lowest BCUT2D eigenvalue weighted by Crippen LogP contribution is -1.89. The van der Waals surface area contributed by atoms with Crippen molar-refractivity contribution in [3.05, 3.63) is 42.7 Å². The van der Waals surface area contributed by atoms with Crippen molar-refractivity contribution in [1.82, 2.24) is 19.6 Å². The van der Waals surface area contributed by atoms with Gasteiger partial charge in [0.1, 0.15) is 0 Å². The van der Waals surface area contributed by atoms with E-state index in [0.29, 0.717) is 0 Å². The number of anilines is 1. The van der Waals surface area contributed by atoms with E-state index >= 15 is 0 Å². The van der Waals surface area contributed by atoms with Crippen LogP contribution in [-0.4, -0.2) is 19.6 Å². The molecule has 0 aromatic carbocycles. The first-order valence-corrected chi connectivity index (χ1v) is 4.86. The van der Waals surface area contributed by atoms with Gasteiger partial charge in [-0.05, 0) is 24.3 Å². The largest absolute Gasteiger partial charge is 0.366 e. The summed E-state index contributed by atoms with van der Waals surface area (Å²) < 4.78 is 1.64. The fraction of sp³-hybridized carbons (Fsp3) is 0. The summed E-state index contributed by atoms with van der Waals surface area (Å²) in [6, 6.07) is 9.63. The molecule has 0 saturated carbocycles. The zero-order valence-electron chi connectivity index (χ0n) is 8.41. The Morgan fingerprint density at radius 1 is 1.19 bits per heavy atom. The van der Waals surface area contributed by atoms with Gasteiger partial charge < -0.3 is 5.73 Å². The number of hydrogen-bond acceptors (Lipinski definition) is 4. The highest BCUT2D eigenvalue weighted by Crippen LogP contribution is 2.17. The number of rotatable bonds is 1. The van der Waals surface area contributed by atoms with E-state index in [1.807, 2.05) is 36.5 Å². The third-order valence-electron chi connectivity index (χ3n) is 2.31. The molecule has 0 atom stereocenters. The lowest BCUT2D eigenvalue weighted by molar-refractivity contribution is 0.968. The maximum Gasteiger partial charge on any atom is 0.240 e. The number of nitrogen functional groups attached to an aromatic ring is 1. The minimum Gasteiger partial charge on any atom is -0.366 e. The average Bonchev–Trinajstić information content (AvgIpc) is 2.69. The van der Waals surface area contributed by atoms with Crippen molar-refractivity contribution in [3.63, 3.8) is 0 Å². The van der Waals surface area contributed by atoms with Crippen LogP contribution in [0, 0.1) is 0 Å². The van der Waals surface area contributed by atoms with Crippen molar-refractivity contribution in [2.45, 2.75) is 0 Å². The van der Waals surface area contributed by atoms with E-state index in [0.717, 1.165) is 16.9 Å². The maximum atomic E-state index is 5.52. The van der Waals surface area contributed by atoms with Gasteiger partial charge in [-0.25, -0.2) is 4.52 Å². The van der Waals surface area contributed by atoms with Gasteiger partial charge in [0, 0.05) is 18.0 Å². The molecule has 0 saturated heterocycles. The Morgan fingerprint density at radius 2 is 2.12 bits per heavy atom. The fourth-order valence-corrected chi connectivity index (χ4v) is 1.59. The van der Waals surface area contributed by atoms with Crippen molar-refractivity contribution >= 4 is 11.6 Å². The van der Waals surface area contributed by atoms with Crippen LogP contribution in [0.2, 0.25) is 0 Å². The molecule has 5 nitrogen and oxygen atoms in total. The zero-order chi connectivity index (χ0) is 11.0. The topological polar surface area (TPSA) is 69.1 Å². The van der Waals surface area contributed by atoms with Crippen LogP contribution in [0.3, 0.4) is 0 Å². The van der Waals surface area contributed by atoms with Crippen LogP contribution in [0.1, 0.15) is 0 Å². The molecule has 0 fully saturated rings. The number of nitrogens with zero attached hydrogens (tertiary/aromatic N) is 4. The molecule has 0 unspecified atom stereocenters. The van der Waals surface area contributed by atoms with E-state index in [1.165, 1.54) is 0 Å². The summed E-state index contributed by atoms with van der Waals surface area (Å²) in [7, 11) is 0. The number of fused-ring (bicyclic) bond motifs is 1. The first-order chi connectivity index (χ1) is 7.83. The van der Waals surface area contributed by atoms with Crippen LogP contribution in [0.4, 0.5) is 5.95 Å². The summed E-state index contributed by atoms with van der Waals surface area (Å²) in [6.45, 7) is 0. The van der Waals surface area contributed by atoms with Gasteiger partial charge in [0.25, 0.3) is 0 Å². The van der Waals surface area contributed by atoms with Gasteiger partial charge in [-0.2, -0.15) is 4.98 Å². The van der Waals surface area contributed by atoms with Crippen LogP contribution >= 0.6 is 0 Å². The van der Waals surface area contributed by atoms with Gasteiger partial charge in [0.15, 0.2) is 5.65 Å². The summed E-state index contributed by atoms with van der Waals surface area (Å²) in [5.74, 6) is 0.276. The van der Waals surface area contributed by atoms with Gasteiger partial charge in [-0.3, -0.25) is 4.98 Å². The Morgan fingerprint density at radius 3 is 2.94 bits per heavy atom. The molecule has 3 heterocycles. The van der Waals surface area contributed by atoms with E-state index in [9.17, 15) is 0 Å². The molecule has 0 aliphatic rings. The molecule has 0 aliphatic heterocycles. The summed E-state index contributed by atoms with van der Waals surface area (Å²) in [5, 5.41) is 4.01. The molecule has 0 bridgehead atoms. The Balaban J connectivity index is 2.18. The molecule has 0 amide bonds. The predicted octanol–water partition coefficient (Wildman–Crippen LogP) is 1.37. The minimum atomic E-state index is 0.276. The normalized spacial score (nSPS) is 10.8. The Bertz CT molecular complexity index is 629. The van der Waals surface area contributed by atoms with E-state index < -0.39 is 0 Å². The Hall–Kier alpha value is -2.43. The van der Waals surface area contributed by atoms with Crippen molar-refractivity contribution < 1.29 is 0 Å². The monoisotopic (exact) mass is 211 g/mol. The van der Waals surface area contributed by atoms with Crippen LogP contribution in [-0.2, 0) is 0 Å². The molecule has 16 heavy (non-hydrogen) atoms. The lowest BCUT2D eigenvalue weighted by Gasteiger charge is -1.99. The second kappa shape index (κ2) is 3.30. The molecular formula is C11H9N5. The van der Waals surface area contributed by atoms with E-state index in [-0.39, 0.29) is 5.95 Å². The van der Waals surface area contributed by atoms with E-state index in [4.69, 9.17) is 5.73 Å². The number of pyridine rings is 2. The number of nitrogens with two attached hydrogens (primary N) is 1. The third kappa shape index (κ3) is 1.38. The second-order valence-corrected chi connectivity index (χ2v) is 3.40. The van der Waals surface area contributed by atoms with Gasteiger partial charge in [-0.15, -0.1) is 5.10 Å². The molecular weight excluding hydrogens is 202 g/mol. The summed E-state index contributed by atoms with van der Waals surface area (Å²) >= 11 is 0. The van der Waals surface area contributed by atoms with Crippen LogP contribution < -0.4 is 5.73 Å². The smallest absolute Gasteiger partial charge is 0.240 e. The number of aromatic nitrogens is 4. The van der Waals surface area contributed by atoms with E-state index in [1.54, 1.807) is 10.7 Å². The zero-order valence-corrected chi connectivity index (χ0v) is 8.41. The Kier molecular flexibility index (Phi) is 1.83. The minimum absolute atomic E-state index is 0.276. The molecule has 0 radical (unpaired) electrons. The van der Waals surface area contributed by atoms with Gasteiger partial charge in [0.05, 0.1) is 5.69 Å². The standard InChI is InChI=1S/C11H9N5/c12-11-14-10-7-8(4-6-16(10)15-11)9-3-1-2-5-13-9/h1-7H,(H2,12,15). The molecule has 0 spiro atoms. The van der Waals surface area contributed by atoms with Crippen LogP contribution in [0.15, 0.2) is 42.7 Å². The second-order valence-electron chi connectivity index (χ2n) is 3.40. The molecule has 0 aliphatic carbocycles. The van der Waals surface area contributed by atoms with Crippen molar-refractivity contribution in [3.8, 4) is 11.3 Å². The molecule has 3 aromatic rings. The van der Waals surface area contributed by atoms with Crippen LogP contribution in [0.25, 0.3) is 16.9 Å². The van der Waals surface area contributed by atoms with E-state index in [2.05, 4.69) is 15.1 Å². The molecule has 78 valence electrons. The first kappa shape index (κ1) is 8.84. The summed E-state index contributed by atoms with van der Waals surface area (Å²) in [6.07, 6.45) is 3.58. The summed E-state index contributed by atoms with van der Waals surface area (Å²) in [4.78, 5) is 8.38. The molecule has 2 N–H and O–H groups in total. The average molecular weight is 211 g/mol. The highest BCUT2D eigenvalue weighted by Gasteiger charge is 2.03. The summed E-state index contributed by atoms with van der Waals surface area (Å²) in [5.41, 5.74) is 8.15. The van der Waals surface area contributed by atoms with Crippen LogP contribution in [0.5, 0.6) is 0 Å². The quantitative estimate of drug-likeness (QED) is 0.660. The SMILES string of the molecule is Nc1nc2cc(-c3ccccn3)ccn2n1. The molecule has 3 aromatic heterocycles. The van der Waals surface area contributed by atoms with Gasteiger partial charge in [0.2, 0.25) is 5.95 Å². The molecule has 5 heteroatoms. The lowest BCUT2D eigenvalue weighted by atomic mass is 10.2. The van der Waals surface area contributed by atoms with Gasteiger partial charge in [-0.1, -0.05) is 6.07 Å². The van der Waals surface area contributed by atoms with Crippen molar-refractivity contribution in [2.24, 2.45) is 0 Å².